The number of hydrogen-bond donors (Lipinski definition) is 1. The number of piperidine rings is 1. The lowest BCUT2D eigenvalue weighted by molar-refractivity contribution is -0.148. The van der Waals surface area contributed by atoms with E-state index in [1.54, 1.807) is 11.8 Å². The first-order chi connectivity index (χ1) is 14.5. The first kappa shape index (κ1) is 22.0. The second kappa shape index (κ2) is 9.90. The standard InChI is InChI=1S/C25H32N2O3/c1-3-11-22-18-25(24(29)30,16-17-26(22)19-20-12-7-5-8-13-20)27(23(28)4-2)21-14-9-6-10-15-21/h5-10,12-15,22H,3-4,11,16-19H2,1-2H3,(H,29,30). The highest BCUT2D eigenvalue weighted by molar-refractivity contribution is 6.01. The number of anilines is 1. The molecule has 0 saturated carbocycles. The molecule has 0 aliphatic carbocycles. The van der Waals surface area contributed by atoms with Crippen LogP contribution in [0.1, 0.15) is 51.5 Å². The lowest BCUT2D eigenvalue weighted by atomic mass is 9.79. The van der Waals surface area contributed by atoms with Crippen molar-refractivity contribution in [1.29, 1.82) is 0 Å². The van der Waals surface area contributed by atoms with Crippen LogP contribution in [-0.2, 0) is 16.1 Å². The van der Waals surface area contributed by atoms with Crippen LogP contribution in [0.25, 0.3) is 0 Å². The van der Waals surface area contributed by atoms with E-state index in [9.17, 15) is 14.7 Å². The van der Waals surface area contributed by atoms with E-state index in [1.807, 2.05) is 48.5 Å². The Morgan fingerprint density at radius 1 is 1.07 bits per heavy atom. The number of aliphatic carboxylic acids is 1. The second-order valence-electron chi connectivity index (χ2n) is 8.11. The van der Waals surface area contributed by atoms with Crippen LogP contribution in [0.2, 0.25) is 0 Å². The fourth-order valence-corrected chi connectivity index (χ4v) is 4.63. The first-order valence-electron chi connectivity index (χ1n) is 10.9. The maximum Gasteiger partial charge on any atom is 0.330 e. The van der Waals surface area contributed by atoms with Gasteiger partial charge in [-0.2, -0.15) is 0 Å². The summed E-state index contributed by atoms with van der Waals surface area (Å²) in [6.45, 7) is 5.37. The fraction of sp³-hybridized carbons (Fsp3) is 0.440. The average molecular weight is 409 g/mol. The van der Waals surface area contributed by atoms with Gasteiger partial charge in [0, 0.05) is 31.2 Å². The summed E-state index contributed by atoms with van der Waals surface area (Å²) in [5.74, 6) is -1.05. The van der Waals surface area contributed by atoms with Crippen molar-refractivity contribution in [2.45, 2.75) is 64.1 Å². The molecular weight excluding hydrogens is 376 g/mol. The largest absolute Gasteiger partial charge is 0.479 e. The molecule has 1 N–H and O–H groups in total. The van der Waals surface area contributed by atoms with Gasteiger partial charge in [-0.15, -0.1) is 0 Å². The predicted octanol–water partition coefficient (Wildman–Crippen LogP) is 4.72. The van der Waals surface area contributed by atoms with Gasteiger partial charge in [0.15, 0.2) is 0 Å². The van der Waals surface area contributed by atoms with Gasteiger partial charge >= 0.3 is 5.97 Å². The number of hydrogen-bond acceptors (Lipinski definition) is 3. The van der Waals surface area contributed by atoms with Crippen LogP contribution < -0.4 is 4.90 Å². The first-order valence-corrected chi connectivity index (χ1v) is 10.9. The SMILES string of the molecule is CCCC1CC(C(=O)O)(N(C(=O)CC)c2ccccc2)CCN1Cc1ccccc1. The molecule has 2 unspecified atom stereocenters. The monoisotopic (exact) mass is 408 g/mol. The van der Waals surface area contributed by atoms with Crippen molar-refractivity contribution >= 4 is 17.6 Å². The minimum absolute atomic E-state index is 0.107. The van der Waals surface area contributed by atoms with E-state index in [4.69, 9.17) is 0 Å². The zero-order valence-electron chi connectivity index (χ0n) is 18.0. The van der Waals surface area contributed by atoms with Crippen LogP contribution in [0.15, 0.2) is 60.7 Å². The number of carboxylic acids is 1. The molecular formula is C25H32N2O3. The number of rotatable bonds is 8. The molecule has 0 radical (unpaired) electrons. The Bertz CT molecular complexity index is 840. The summed E-state index contributed by atoms with van der Waals surface area (Å²) in [4.78, 5) is 29.7. The summed E-state index contributed by atoms with van der Waals surface area (Å²) in [6.07, 6.45) is 3.00. The van der Waals surface area contributed by atoms with Crippen LogP contribution in [0.5, 0.6) is 0 Å². The number of amides is 1. The quantitative estimate of drug-likeness (QED) is 0.687. The number of benzene rings is 2. The second-order valence-corrected chi connectivity index (χ2v) is 8.11. The molecule has 1 aliphatic rings. The van der Waals surface area contributed by atoms with Crippen molar-refractivity contribution in [3.05, 3.63) is 66.2 Å². The zero-order valence-corrected chi connectivity index (χ0v) is 18.0. The number of carboxylic acid groups (broad SMARTS) is 1. The molecule has 0 bridgehead atoms. The van der Waals surface area contributed by atoms with Crippen molar-refractivity contribution in [3.8, 4) is 0 Å². The van der Waals surface area contributed by atoms with Crippen LogP contribution in [0.4, 0.5) is 5.69 Å². The third kappa shape index (κ3) is 4.57. The van der Waals surface area contributed by atoms with Gasteiger partial charge in [0.1, 0.15) is 5.54 Å². The van der Waals surface area contributed by atoms with E-state index in [0.717, 1.165) is 19.4 Å². The van der Waals surface area contributed by atoms with E-state index in [1.165, 1.54) is 5.56 Å². The molecule has 0 spiro atoms. The minimum Gasteiger partial charge on any atom is -0.479 e. The fourth-order valence-electron chi connectivity index (χ4n) is 4.63. The predicted molar refractivity (Wildman–Crippen MR) is 119 cm³/mol. The van der Waals surface area contributed by atoms with Crippen molar-refractivity contribution in [3.63, 3.8) is 0 Å². The molecule has 1 amide bonds. The van der Waals surface area contributed by atoms with Gasteiger partial charge in [-0.3, -0.25) is 14.6 Å². The van der Waals surface area contributed by atoms with E-state index < -0.39 is 11.5 Å². The van der Waals surface area contributed by atoms with Gasteiger partial charge in [0.25, 0.3) is 0 Å². The number of carbonyl (C=O) groups is 2. The summed E-state index contributed by atoms with van der Waals surface area (Å²) in [5.41, 5.74) is 0.672. The van der Waals surface area contributed by atoms with Gasteiger partial charge in [-0.25, -0.2) is 4.79 Å². The highest BCUT2D eigenvalue weighted by atomic mass is 16.4. The van der Waals surface area contributed by atoms with Gasteiger partial charge in [-0.1, -0.05) is 68.8 Å². The lowest BCUT2D eigenvalue weighted by Crippen LogP contribution is -2.64. The average Bonchev–Trinajstić information content (AvgIpc) is 2.77. The Morgan fingerprint density at radius 2 is 1.70 bits per heavy atom. The van der Waals surface area contributed by atoms with E-state index in [0.29, 0.717) is 25.1 Å². The normalized spacial score (nSPS) is 21.9. The van der Waals surface area contributed by atoms with Gasteiger partial charge in [0.05, 0.1) is 0 Å². The molecule has 2 aromatic rings. The molecule has 1 fully saturated rings. The Kier molecular flexibility index (Phi) is 7.27. The third-order valence-electron chi connectivity index (χ3n) is 6.15. The number of carbonyl (C=O) groups excluding carboxylic acids is 1. The minimum atomic E-state index is -1.22. The van der Waals surface area contributed by atoms with Crippen molar-refractivity contribution in [2.75, 3.05) is 11.4 Å². The maximum atomic E-state index is 13.0. The van der Waals surface area contributed by atoms with E-state index in [2.05, 4.69) is 24.0 Å². The van der Waals surface area contributed by atoms with Crippen LogP contribution in [0.3, 0.4) is 0 Å². The Balaban J connectivity index is 1.95. The molecule has 2 aromatic carbocycles. The summed E-state index contributed by atoms with van der Waals surface area (Å²) in [6, 6.07) is 19.7. The molecule has 5 nitrogen and oxygen atoms in total. The third-order valence-corrected chi connectivity index (χ3v) is 6.15. The molecule has 3 rings (SSSR count). The van der Waals surface area contributed by atoms with Crippen LogP contribution in [-0.4, -0.2) is 40.0 Å². The zero-order chi connectivity index (χ0) is 21.6. The van der Waals surface area contributed by atoms with Crippen LogP contribution >= 0.6 is 0 Å². The number of likely N-dealkylation sites (tertiary alicyclic amines) is 1. The molecule has 0 aromatic heterocycles. The molecule has 1 saturated heterocycles. The summed E-state index contributed by atoms with van der Waals surface area (Å²) >= 11 is 0. The molecule has 2 atom stereocenters. The highest BCUT2D eigenvalue weighted by Crippen LogP contribution is 2.38. The van der Waals surface area contributed by atoms with Gasteiger partial charge in [-0.05, 0) is 37.0 Å². The van der Waals surface area contributed by atoms with Gasteiger partial charge < -0.3 is 5.11 Å². The van der Waals surface area contributed by atoms with Crippen molar-refractivity contribution in [2.24, 2.45) is 0 Å². The van der Waals surface area contributed by atoms with E-state index >= 15 is 0 Å². The summed E-state index contributed by atoms with van der Waals surface area (Å²) in [5, 5.41) is 10.4. The maximum absolute atomic E-state index is 13.0. The number of nitrogens with zero attached hydrogens (tertiary/aromatic N) is 2. The topological polar surface area (TPSA) is 60.9 Å². The number of para-hydroxylation sites is 1. The van der Waals surface area contributed by atoms with Crippen LogP contribution in [0, 0.1) is 0 Å². The van der Waals surface area contributed by atoms with Crippen molar-refractivity contribution in [1.82, 2.24) is 4.90 Å². The molecule has 5 heteroatoms. The molecule has 160 valence electrons. The van der Waals surface area contributed by atoms with E-state index in [-0.39, 0.29) is 18.4 Å². The Morgan fingerprint density at radius 3 is 2.27 bits per heavy atom. The summed E-state index contributed by atoms with van der Waals surface area (Å²) in [7, 11) is 0. The molecule has 30 heavy (non-hydrogen) atoms. The highest BCUT2D eigenvalue weighted by Gasteiger charge is 2.51. The smallest absolute Gasteiger partial charge is 0.330 e. The summed E-state index contributed by atoms with van der Waals surface area (Å²) < 4.78 is 0. The Labute approximate surface area is 179 Å². The Hall–Kier alpha value is -2.66. The van der Waals surface area contributed by atoms with Gasteiger partial charge in [0.2, 0.25) is 5.91 Å². The van der Waals surface area contributed by atoms with Crippen molar-refractivity contribution < 1.29 is 14.7 Å². The molecule has 1 aliphatic heterocycles. The lowest BCUT2D eigenvalue weighted by Gasteiger charge is -2.49. The molecule has 1 heterocycles.